The summed E-state index contributed by atoms with van der Waals surface area (Å²) in [5.74, 6) is 2.61. The molecule has 0 bridgehead atoms. The van der Waals surface area contributed by atoms with E-state index in [9.17, 15) is 4.79 Å². The molecule has 0 saturated carbocycles. The van der Waals surface area contributed by atoms with E-state index >= 15 is 0 Å². The van der Waals surface area contributed by atoms with Gasteiger partial charge in [-0.15, -0.1) is 5.10 Å². The van der Waals surface area contributed by atoms with Gasteiger partial charge >= 0.3 is 5.97 Å². The highest BCUT2D eigenvalue weighted by Crippen LogP contribution is 2.40. The molecule has 1 atom stereocenters. The normalized spacial score (nSPS) is 14.6. The molecule has 1 aliphatic heterocycles. The van der Waals surface area contributed by atoms with E-state index in [-0.39, 0.29) is 5.97 Å². The van der Waals surface area contributed by atoms with E-state index < -0.39 is 6.04 Å². The number of anilines is 1. The van der Waals surface area contributed by atoms with Gasteiger partial charge < -0.3 is 19.5 Å². The Balaban J connectivity index is 1.70. The molecule has 220 valence electrons. The molecule has 0 fully saturated rings. The van der Waals surface area contributed by atoms with Crippen LogP contribution in [0.5, 0.6) is 11.5 Å². The standard InChI is InChI=1S/C31H39ClN4O4S/c1-6-8-16-40-29(37)27-21(5)33-30-34-31(41-19-23-11-9-10-12-24(23)32)35-36(30)28(27)22-13-14-25(26(18-22)38-7-2)39-17-15-20(3)4/h9-14,18,20,28H,6-8,15-17,19H2,1-5H3,(H,33,34,35). The van der Waals surface area contributed by atoms with Gasteiger partial charge in [0.15, 0.2) is 11.5 Å². The van der Waals surface area contributed by atoms with Crippen LogP contribution in [0.1, 0.15) is 71.0 Å². The minimum absolute atomic E-state index is 0.356. The molecule has 1 unspecified atom stereocenters. The molecule has 2 aromatic carbocycles. The van der Waals surface area contributed by atoms with Crippen molar-refractivity contribution in [3.05, 3.63) is 69.9 Å². The van der Waals surface area contributed by atoms with Gasteiger partial charge in [0, 0.05) is 16.5 Å². The summed E-state index contributed by atoms with van der Waals surface area (Å²) < 4.78 is 19.5. The summed E-state index contributed by atoms with van der Waals surface area (Å²) >= 11 is 7.85. The quantitative estimate of drug-likeness (QED) is 0.115. The summed E-state index contributed by atoms with van der Waals surface area (Å²) in [6.07, 6.45) is 2.67. The predicted octanol–water partition coefficient (Wildman–Crippen LogP) is 7.68. The van der Waals surface area contributed by atoms with Crippen LogP contribution in [0.3, 0.4) is 0 Å². The minimum Gasteiger partial charge on any atom is -0.490 e. The summed E-state index contributed by atoms with van der Waals surface area (Å²) in [7, 11) is 0. The topological polar surface area (TPSA) is 87.5 Å². The maximum atomic E-state index is 13.5. The van der Waals surface area contributed by atoms with E-state index in [2.05, 4.69) is 26.1 Å². The van der Waals surface area contributed by atoms with Gasteiger partial charge in [0.05, 0.1) is 25.4 Å². The maximum absolute atomic E-state index is 13.5. The van der Waals surface area contributed by atoms with Gasteiger partial charge in [0.1, 0.15) is 6.04 Å². The molecule has 1 N–H and O–H groups in total. The lowest BCUT2D eigenvalue weighted by Crippen LogP contribution is -2.30. The molecule has 2 heterocycles. The zero-order valence-corrected chi connectivity index (χ0v) is 26.0. The molecular formula is C31H39ClN4O4S. The van der Waals surface area contributed by atoms with E-state index in [0.717, 1.165) is 30.4 Å². The molecule has 0 spiro atoms. The highest BCUT2D eigenvalue weighted by molar-refractivity contribution is 7.98. The number of rotatable bonds is 14. The van der Waals surface area contributed by atoms with Crippen LogP contribution in [0.25, 0.3) is 0 Å². The molecule has 0 saturated heterocycles. The van der Waals surface area contributed by atoms with E-state index in [1.807, 2.05) is 56.3 Å². The Morgan fingerprint density at radius 1 is 1.12 bits per heavy atom. The van der Waals surface area contributed by atoms with Gasteiger partial charge in [-0.3, -0.25) is 0 Å². The van der Waals surface area contributed by atoms with Crippen LogP contribution in [-0.2, 0) is 15.3 Å². The van der Waals surface area contributed by atoms with E-state index in [4.69, 9.17) is 35.9 Å². The SMILES string of the molecule is CCCCOC(=O)C1=C(C)Nc2nc(SCc3ccccc3Cl)nn2C1c1ccc(OCCC(C)C)c(OCC)c1. The Kier molecular flexibility index (Phi) is 11.0. The number of carbonyl (C=O) groups is 1. The largest absolute Gasteiger partial charge is 0.490 e. The number of hydrogen-bond acceptors (Lipinski definition) is 8. The molecule has 1 aromatic heterocycles. The molecule has 41 heavy (non-hydrogen) atoms. The first kappa shape index (κ1) is 30.8. The van der Waals surface area contributed by atoms with Gasteiger partial charge in [0.2, 0.25) is 11.1 Å². The summed E-state index contributed by atoms with van der Waals surface area (Å²) in [6.45, 7) is 11.6. The first-order chi connectivity index (χ1) is 19.8. The Labute approximate surface area is 251 Å². The fourth-order valence-corrected chi connectivity index (χ4v) is 5.51. The number of unbranched alkanes of at least 4 members (excludes halogenated alkanes) is 1. The van der Waals surface area contributed by atoms with Crippen LogP contribution < -0.4 is 14.8 Å². The van der Waals surface area contributed by atoms with Crippen LogP contribution in [0, 0.1) is 5.92 Å². The number of carbonyl (C=O) groups excluding carboxylic acids is 1. The monoisotopic (exact) mass is 598 g/mol. The zero-order valence-electron chi connectivity index (χ0n) is 24.4. The van der Waals surface area contributed by atoms with Crippen molar-refractivity contribution in [3.63, 3.8) is 0 Å². The fraction of sp³-hybridized carbons (Fsp3) is 0.452. The summed E-state index contributed by atoms with van der Waals surface area (Å²) in [5.41, 5.74) is 2.98. The molecule has 0 amide bonds. The first-order valence-corrected chi connectivity index (χ1v) is 15.6. The van der Waals surface area contributed by atoms with Crippen molar-refractivity contribution in [1.29, 1.82) is 0 Å². The van der Waals surface area contributed by atoms with Crippen LogP contribution in [-0.4, -0.2) is 40.6 Å². The minimum atomic E-state index is -0.563. The number of thioether (sulfide) groups is 1. The fourth-order valence-electron chi connectivity index (χ4n) is 4.40. The number of benzene rings is 2. The van der Waals surface area contributed by atoms with Crippen molar-refractivity contribution in [2.24, 2.45) is 5.92 Å². The molecular weight excluding hydrogens is 560 g/mol. The van der Waals surface area contributed by atoms with Crippen molar-refractivity contribution in [1.82, 2.24) is 14.8 Å². The number of nitrogens with zero attached hydrogens (tertiary/aromatic N) is 3. The Morgan fingerprint density at radius 3 is 2.66 bits per heavy atom. The Hall–Kier alpha value is -3.17. The third kappa shape index (κ3) is 7.77. The van der Waals surface area contributed by atoms with Crippen LogP contribution in [0.2, 0.25) is 5.02 Å². The Morgan fingerprint density at radius 2 is 1.93 bits per heavy atom. The molecule has 1 aliphatic rings. The maximum Gasteiger partial charge on any atom is 0.338 e. The Bertz CT molecular complexity index is 1370. The highest BCUT2D eigenvalue weighted by Gasteiger charge is 2.36. The lowest BCUT2D eigenvalue weighted by atomic mass is 9.95. The number of hydrogen-bond donors (Lipinski definition) is 1. The lowest BCUT2D eigenvalue weighted by Gasteiger charge is -2.28. The third-order valence-electron chi connectivity index (χ3n) is 6.63. The van der Waals surface area contributed by atoms with Gasteiger partial charge in [-0.25, -0.2) is 9.48 Å². The van der Waals surface area contributed by atoms with Crippen LogP contribution in [0.4, 0.5) is 5.95 Å². The van der Waals surface area contributed by atoms with E-state index in [1.165, 1.54) is 11.8 Å². The molecule has 4 rings (SSSR count). The van der Waals surface area contributed by atoms with Gasteiger partial charge in [-0.05, 0) is 61.9 Å². The second kappa shape index (κ2) is 14.6. The molecule has 10 heteroatoms. The average Bonchev–Trinajstić information content (AvgIpc) is 3.35. The van der Waals surface area contributed by atoms with Crippen molar-refractivity contribution in [2.45, 2.75) is 70.8 Å². The highest BCUT2D eigenvalue weighted by atomic mass is 35.5. The van der Waals surface area contributed by atoms with Crippen molar-refractivity contribution >= 4 is 35.3 Å². The van der Waals surface area contributed by atoms with Gasteiger partial charge in [-0.2, -0.15) is 4.98 Å². The third-order valence-corrected chi connectivity index (χ3v) is 7.89. The number of ether oxygens (including phenoxy) is 3. The summed E-state index contributed by atoms with van der Waals surface area (Å²) in [4.78, 5) is 18.2. The number of fused-ring (bicyclic) bond motifs is 1. The number of halogens is 1. The molecule has 0 radical (unpaired) electrons. The average molecular weight is 599 g/mol. The second-order valence-electron chi connectivity index (χ2n) is 10.3. The summed E-state index contributed by atoms with van der Waals surface area (Å²) in [6, 6.07) is 13.0. The van der Waals surface area contributed by atoms with Gasteiger partial charge in [-0.1, -0.05) is 74.8 Å². The lowest BCUT2D eigenvalue weighted by molar-refractivity contribution is -0.139. The number of esters is 1. The van der Waals surface area contributed by atoms with Crippen molar-refractivity contribution < 1.29 is 19.0 Å². The zero-order chi connectivity index (χ0) is 29.4. The number of aromatic nitrogens is 3. The molecule has 8 nitrogen and oxygen atoms in total. The van der Waals surface area contributed by atoms with Crippen molar-refractivity contribution in [3.8, 4) is 11.5 Å². The summed E-state index contributed by atoms with van der Waals surface area (Å²) in [5, 5.41) is 9.38. The van der Waals surface area contributed by atoms with Crippen LogP contribution in [0.15, 0.2) is 58.9 Å². The molecule has 0 aliphatic carbocycles. The van der Waals surface area contributed by atoms with E-state index in [1.54, 1.807) is 4.68 Å². The second-order valence-corrected chi connectivity index (χ2v) is 11.6. The van der Waals surface area contributed by atoms with Crippen LogP contribution >= 0.6 is 23.4 Å². The first-order valence-electron chi connectivity index (χ1n) is 14.2. The smallest absolute Gasteiger partial charge is 0.338 e. The number of allylic oxidation sites excluding steroid dienone is 1. The molecule has 3 aromatic rings. The van der Waals surface area contributed by atoms with Crippen molar-refractivity contribution in [2.75, 3.05) is 25.1 Å². The number of nitrogens with one attached hydrogen (secondary N) is 1. The predicted molar refractivity (Wildman–Crippen MR) is 164 cm³/mol. The van der Waals surface area contributed by atoms with Gasteiger partial charge in [0.25, 0.3) is 0 Å². The van der Waals surface area contributed by atoms with E-state index in [0.29, 0.717) is 70.4 Å².